The molecule has 160 valence electrons. The van der Waals surface area contributed by atoms with Gasteiger partial charge in [-0.2, -0.15) is 4.31 Å². The normalized spacial score (nSPS) is 24.7. The first-order chi connectivity index (χ1) is 14.0. The van der Waals surface area contributed by atoms with Gasteiger partial charge in [0.25, 0.3) is 5.91 Å². The Hall–Kier alpha value is -1.11. The van der Waals surface area contributed by atoms with E-state index < -0.39 is 10.0 Å². The number of carbonyl (C=O) groups excluding carboxylic acids is 1. The van der Waals surface area contributed by atoms with Gasteiger partial charge in [0, 0.05) is 31.2 Å². The van der Waals surface area contributed by atoms with Crippen LogP contribution >= 0.6 is 11.6 Å². The predicted octanol–water partition coefficient (Wildman–Crippen LogP) is 4.70. The first-order valence-electron chi connectivity index (χ1n) is 11.1. The van der Waals surface area contributed by atoms with Crippen LogP contribution in [0.5, 0.6) is 0 Å². The molecule has 3 aliphatic rings. The Morgan fingerprint density at radius 1 is 0.897 bits per heavy atom. The molecule has 7 heteroatoms. The van der Waals surface area contributed by atoms with Crippen LogP contribution < -0.4 is 0 Å². The third-order valence-electron chi connectivity index (χ3n) is 6.87. The molecule has 1 aliphatic carbocycles. The summed E-state index contributed by atoms with van der Waals surface area (Å²) >= 11 is 6.28. The van der Waals surface area contributed by atoms with Crippen molar-refractivity contribution in [3.05, 3.63) is 28.8 Å². The molecule has 0 aromatic heterocycles. The Bertz CT molecular complexity index is 846. The lowest BCUT2D eigenvalue weighted by Crippen LogP contribution is -2.41. The molecule has 1 amide bonds. The summed E-state index contributed by atoms with van der Waals surface area (Å²) in [6.07, 6.45) is 11.1. The monoisotopic (exact) mass is 438 g/mol. The maximum atomic E-state index is 13.3. The van der Waals surface area contributed by atoms with E-state index in [0.29, 0.717) is 30.6 Å². The van der Waals surface area contributed by atoms with E-state index in [1.54, 1.807) is 12.1 Å². The Kier molecular flexibility index (Phi) is 6.52. The highest BCUT2D eigenvalue weighted by molar-refractivity contribution is 7.89. The number of benzene rings is 1. The fourth-order valence-corrected chi connectivity index (χ4v) is 7.32. The van der Waals surface area contributed by atoms with Crippen molar-refractivity contribution in [3.63, 3.8) is 0 Å². The average molecular weight is 439 g/mol. The molecule has 2 saturated heterocycles. The quantitative estimate of drug-likeness (QED) is 0.684. The zero-order chi connectivity index (χ0) is 20.4. The summed E-state index contributed by atoms with van der Waals surface area (Å²) in [5, 5.41) is 0.192. The van der Waals surface area contributed by atoms with Gasteiger partial charge in [-0.1, -0.05) is 37.3 Å². The van der Waals surface area contributed by atoms with Gasteiger partial charge >= 0.3 is 0 Å². The number of rotatable bonds is 4. The number of hydrogen-bond acceptors (Lipinski definition) is 3. The van der Waals surface area contributed by atoms with Crippen molar-refractivity contribution in [1.82, 2.24) is 9.21 Å². The van der Waals surface area contributed by atoms with E-state index in [2.05, 4.69) is 0 Å². The molecule has 0 radical (unpaired) electrons. The second-order valence-corrected chi connectivity index (χ2v) is 11.0. The van der Waals surface area contributed by atoms with Gasteiger partial charge < -0.3 is 4.90 Å². The van der Waals surface area contributed by atoms with Gasteiger partial charge in [-0.3, -0.25) is 4.79 Å². The fraction of sp³-hybridized carbons (Fsp3) is 0.682. The molecule has 2 aliphatic heterocycles. The number of carbonyl (C=O) groups is 1. The summed E-state index contributed by atoms with van der Waals surface area (Å²) in [5.74, 6) is 0.531. The SMILES string of the molecule is O=C(c1ccc(Cl)c(S(=O)(=O)N2CCCCC2)c1)N1CCCC1C1CCCCC1. The lowest BCUT2D eigenvalue weighted by molar-refractivity contribution is 0.0661. The molecule has 1 aromatic carbocycles. The summed E-state index contributed by atoms with van der Waals surface area (Å²) in [7, 11) is -3.68. The van der Waals surface area contributed by atoms with Crippen LogP contribution in [0.3, 0.4) is 0 Å². The standard InChI is InChI=1S/C22H31ClN2O3S/c23-19-12-11-18(16-21(19)29(27,28)24-13-5-2-6-14-24)22(26)25-15-7-10-20(25)17-8-3-1-4-9-17/h11-12,16-17,20H,1-10,13-15H2. The van der Waals surface area contributed by atoms with Crippen LogP contribution in [0.2, 0.25) is 5.02 Å². The minimum absolute atomic E-state index is 0.0511. The lowest BCUT2D eigenvalue weighted by Gasteiger charge is -2.34. The number of piperidine rings is 1. The predicted molar refractivity (Wildman–Crippen MR) is 115 cm³/mol. The molecule has 2 heterocycles. The number of halogens is 1. The average Bonchev–Trinajstić information content (AvgIpc) is 3.24. The Morgan fingerprint density at radius 2 is 1.59 bits per heavy atom. The minimum atomic E-state index is -3.68. The van der Waals surface area contributed by atoms with Crippen molar-refractivity contribution in [2.75, 3.05) is 19.6 Å². The molecule has 1 saturated carbocycles. The summed E-state index contributed by atoms with van der Waals surface area (Å²) in [4.78, 5) is 15.4. The van der Waals surface area contributed by atoms with Crippen molar-refractivity contribution in [2.45, 2.75) is 75.1 Å². The second kappa shape index (κ2) is 8.94. The van der Waals surface area contributed by atoms with E-state index in [0.717, 1.165) is 38.6 Å². The summed E-state index contributed by atoms with van der Waals surface area (Å²) in [5.41, 5.74) is 0.438. The van der Waals surface area contributed by atoms with Crippen LogP contribution in [0.4, 0.5) is 0 Å². The van der Waals surface area contributed by atoms with Crippen molar-refractivity contribution in [1.29, 1.82) is 0 Å². The van der Waals surface area contributed by atoms with Crippen LogP contribution in [0, 0.1) is 5.92 Å². The number of sulfonamides is 1. The molecule has 0 N–H and O–H groups in total. The lowest BCUT2D eigenvalue weighted by atomic mass is 9.83. The van der Waals surface area contributed by atoms with Gasteiger partial charge in [0.1, 0.15) is 4.90 Å². The Balaban J connectivity index is 1.58. The molecule has 4 rings (SSSR count). The zero-order valence-electron chi connectivity index (χ0n) is 17.0. The van der Waals surface area contributed by atoms with Crippen LogP contribution in [0.1, 0.15) is 74.6 Å². The summed E-state index contributed by atoms with van der Waals surface area (Å²) in [6.45, 7) is 1.80. The van der Waals surface area contributed by atoms with E-state index in [4.69, 9.17) is 11.6 Å². The molecular weight excluding hydrogens is 408 g/mol. The van der Waals surface area contributed by atoms with Crippen molar-refractivity contribution in [2.24, 2.45) is 5.92 Å². The largest absolute Gasteiger partial charge is 0.335 e. The fourth-order valence-electron chi connectivity index (χ4n) is 5.30. The first-order valence-corrected chi connectivity index (χ1v) is 12.9. The molecule has 29 heavy (non-hydrogen) atoms. The highest BCUT2D eigenvalue weighted by Gasteiger charge is 2.36. The van der Waals surface area contributed by atoms with E-state index in [-0.39, 0.29) is 15.8 Å². The smallest absolute Gasteiger partial charge is 0.254 e. The molecule has 5 nitrogen and oxygen atoms in total. The minimum Gasteiger partial charge on any atom is -0.335 e. The van der Waals surface area contributed by atoms with Crippen LogP contribution in [0.25, 0.3) is 0 Å². The molecule has 1 aromatic rings. The highest BCUT2D eigenvalue weighted by atomic mass is 35.5. The third kappa shape index (κ3) is 4.35. The van der Waals surface area contributed by atoms with Gasteiger partial charge in [-0.05, 0) is 62.6 Å². The molecule has 1 atom stereocenters. The number of nitrogens with zero attached hydrogens (tertiary/aromatic N) is 2. The Morgan fingerprint density at radius 3 is 2.31 bits per heavy atom. The van der Waals surface area contributed by atoms with Crippen molar-refractivity contribution >= 4 is 27.5 Å². The molecule has 0 bridgehead atoms. The van der Waals surface area contributed by atoms with Crippen molar-refractivity contribution in [3.8, 4) is 0 Å². The summed E-state index contributed by atoms with van der Waals surface area (Å²) < 4.78 is 27.8. The molecular formula is C22H31ClN2O3S. The van der Waals surface area contributed by atoms with Gasteiger partial charge in [0.15, 0.2) is 0 Å². The maximum absolute atomic E-state index is 13.3. The van der Waals surface area contributed by atoms with Crippen LogP contribution in [-0.4, -0.2) is 49.2 Å². The number of amides is 1. The summed E-state index contributed by atoms with van der Waals surface area (Å²) in [6, 6.07) is 5.04. The van der Waals surface area contributed by atoms with Crippen LogP contribution in [0.15, 0.2) is 23.1 Å². The Labute approximate surface area is 179 Å². The maximum Gasteiger partial charge on any atom is 0.254 e. The number of hydrogen-bond donors (Lipinski definition) is 0. The second-order valence-electron chi connectivity index (χ2n) is 8.72. The number of likely N-dealkylation sites (tertiary alicyclic amines) is 1. The van der Waals surface area contributed by atoms with Gasteiger partial charge in [0.05, 0.1) is 5.02 Å². The van der Waals surface area contributed by atoms with E-state index >= 15 is 0 Å². The van der Waals surface area contributed by atoms with Gasteiger partial charge in [-0.15, -0.1) is 0 Å². The third-order valence-corrected chi connectivity index (χ3v) is 9.25. The highest BCUT2D eigenvalue weighted by Crippen LogP contribution is 2.36. The van der Waals surface area contributed by atoms with Crippen LogP contribution in [-0.2, 0) is 10.0 Å². The first kappa shape index (κ1) is 21.1. The van der Waals surface area contributed by atoms with E-state index in [9.17, 15) is 13.2 Å². The molecule has 0 spiro atoms. The van der Waals surface area contributed by atoms with Crippen molar-refractivity contribution < 1.29 is 13.2 Å². The van der Waals surface area contributed by atoms with E-state index in [1.165, 1.54) is 42.5 Å². The topological polar surface area (TPSA) is 57.7 Å². The van der Waals surface area contributed by atoms with Gasteiger partial charge in [0.2, 0.25) is 10.0 Å². The molecule has 1 unspecified atom stereocenters. The van der Waals surface area contributed by atoms with E-state index in [1.807, 2.05) is 4.90 Å². The zero-order valence-corrected chi connectivity index (χ0v) is 18.6. The molecule has 3 fully saturated rings. The van der Waals surface area contributed by atoms with Gasteiger partial charge in [-0.25, -0.2) is 8.42 Å².